The van der Waals surface area contributed by atoms with Gasteiger partial charge in [-0.3, -0.25) is 24.0 Å². The maximum Gasteiger partial charge on any atom is 0.235 e. The summed E-state index contributed by atoms with van der Waals surface area (Å²) < 4.78 is 0. The third-order valence-corrected chi connectivity index (χ3v) is 7.60. The van der Waals surface area contributed by atoms with Gasteiger partial charge in [0.2, 0.25) is 5.91 Å². The number of carbonyl (C=O) groups is 5. The Morgan fingerprint density at radius 3 is 2.47 bits per heavy atom. The van der Waals surface area contributed by atoms with Gasteiger partial charge >= 0.3 is 0 Å². The van der Waals surface area contributed by atoms with Crippen molar-refractivity contribution in [1.82, 2.24) is 0 Å². The number of hydrogen-bond donors (Lipinski definition) is 6. The van der Waals surface area contributed by atoms with Crippen LogP contribution in [0.3, 0.4) is 0 Å². The predicted octanol–water partition coefficient (Wildman–Crippen LogP) is -1.84. The monoisotopic (exact) mass is 503 g/mol. The van der Waals surface area contributed by atoms with Crippen LogP contribution >= 0.6 is 0 Å². The van der Waals surface area contributed by atoms with E-state index in [1.807, 2.05) is 0 Å². The Bertz CT molecular complexity index is 1180. The Morgan fingerprint density at radius 2 is 1.89 bits per heavy atom. The molecule has 0 spiro atoms. The number of aliphatic hydroxyl groups is 3. The predicted molar refractivity (Wildman–Crippen MR) is 124 cm³/mol. The van der Waals surface area contributed by atoms with Gasteiger partial charge in [-0.2, -0.15) is 0 Å². The topological polar surface area (TPSA) is 208 Å². The second-order valence-electron chi connectivity index (χ2n) is 10.00. The zero-order valence-electron chi connectivity index (χ0n) is 19.9. The van der Waals surface area contributed by atoms with Crippen LogP contribution in [-0.4, -0.2) is 88.4 Å². The fourth-order valence-corrected chi connectivity index (χ4v) is 5.84. The minimum atomic E-state index is -2.71. The molecule has 1 amide bonds. The molecule has 6 atom stereocenters. The highest BCUT2D eigenvalue weighted by atomic mass is 16.3. The molecule has 2 saturated carbocycles. The third-order valence-electron chi connectivity index (χ3n) is 7.60. The average molecular weight is 504 g/mol. The quantitative estimate of drug-likeness (QED) is 0.188. The molecule has 7 N–H and O–H groups in total. The van der Waals surface area contributed by atoms with Gasteiger partial charge in [-0.25, -0.2) is 0 Å². The highest BCUT2D eigenvalue weighted by molar-refractivity contribution is 6.31. The number of anilines is 2. The molecule has 3 aliphatic carbocycles. The van der Waals surface area contributed by atoms with Gasteiger partial charge in [0.25, 0.3) is 0 Å². The van der Waals surface area contributed by atoms with Crippen LogP contribution in [0.1, 0.15) is 28.8 Å². The van der Waals surface area contributed by atoms with Gasteiger partial charge in [-0.15, -0.1) is 0 Å². The zero-order valence-corrected chi connectivity index (χ0v) is 19.9. The van der Waals surface area contributed by atoms with Crippen molar-refractivity contribution in [3.8, 4) is 5.75 Å². The number of rotatable bonds is 6. The van der Waals surface area contributed by atoms with E-state index in [0.717, 1.165) is 0 Å². The van der Waals surface area contributed by atoms with Crippen molar-refractivity contribution in [2.75, 3.05) is 37.5 Å². The standard InChI is InChI=1S/C24H29N3O9/c1-27(2)14-6-13(26-7-11(29)8-28)19(31)17-12(14)4-9-3-10-5-15(30)18(23(25)35)22(34)24(10,36)21(33)16(9)20(17)32/h6,9-11,16,18,26,28-29,31,36H,3-5,7-8H2,1-2H3,(H2,25,35)/t9-,10+,11?,16?,18?,24+/m1/s1. The molecule has 194 valence electrons. The highest BCUT2D eigenvalue weighted by Gasteiger charge is 2.66. The summed E-state index contributed by atoms with van der Waals surface area (Å²) in [4.78, 5) is 66.2. The van der Waals surface area contributed by atoms with E-state index in [1.54, 1.807) is 25.1 Å². The second kappa shape index (κ2) is 8.95. The molecule has 36 heavy (non-hydrogen) atoms. The molecule has 2 fully saturated rings. The first kappa shape index (κ1) is 25.7. The Balaban J connectivity index is 1.80. The number of Topliss-reactive ketones (excluding diaryl/α,β-unsaturated/α-hetero) is 4. The zero-order chi connectivity index (χ0) is 26.7. The van der Waals surface area contributed by atoms with Gasteiger partial charge in [0.05, 0.1) is 29.9 Å². The fourth-order valence-electron chi connectivity index (χ4n) is 5.84. The van der Waals surface area contributed by atoms with Crippen LogP contribution in [0.5, 0.6) is 5.75 Å². The summed E-state index contributed by atoms with van der Waals surface area (Å²) in [5.74, 6) is -10.8. The number of nitrogens with one attached hydrogen (secondary N) is 1. The molecule has 12 nitrogen and oxygen atoms in total. The van der Waals surface area contributed by atoms with Crippen LogP contribution in [0.4, 0.5) is 11.4 Å². The van der Waals surface area contributed by atoms with Gasteiger partial charge in [-0.1, -0.05) is 0 Å². The smallest absolute Gasteiger partial charge is 0.235 e. The van der Waals surface area contributed by atoms with E-state index in [2.05, 4.69) is 5.32 Å². The number of phenolic OH excluding ortho intramolecular Hbond substituents is 1. The summed E-state index contributed by atoms with van der Waals surface area (Å²) in [5, 5.41) is 43.8. The SMILES string of the molecule is CN(C)c1cc(NCC(O)CO)c(O)c2c1C[C@H]1C[C@H]3CC(=O)C(C(N)=O)C(=O)[C@@]3(O)C(=O)C1C2=O. The second-order valence-corrected chi connectivity index (χ2v) is 10.00. The van der Waals surface area contributed by atoms with E-state index in [4.69, 9.17) is 10.8 Å². The Kier molecular flexibility index (Phi) is 6.40. The van der Waals surface area contributed by atoms with Crippen molar-refractivity contribution in [3.63, 3.8) is 0 Å². The molecule has 0 bridgehead atoms. The maximum absolute atomic E-state index is 13.7. The Hall–Kier alpha value is -3.35. The lowest BCUT2D eigenvalue weighted by atomic mass is 9.53. The van der Waals surface area contributed by atoms with E-state index in [9.17, 15) is 39.3 Å². The molecule has 1 aromatic rings. The summed E-state index contributed by atoms with van der Waals surface area (Å²) in [6.07, 6.45) is -1.36. The fraction of sp³-hybridized carbons (Fsp3) is 0.542. The number of carbonyl (C=O) groups excluding carboxylic acids is 5. The van der Waals surface area contributed by atoms with E-state index in [-0.39, 0.29) is 30.6 Å². The molecule has 0 radical (unpaired) electrons. The number of amides is 1. The van der Waals surface area contributed by atoms with Crippen molar-refractivity contribution in [2.24, 2.45) is 29.4 Å². The summed E-state index contributed by atoms with van der Waals surface area (Å²) in [5.41, 5.74) is 3.46. The molecule has 0 aromatic heterocycles. The first-order chi connectivity index (χ1) is 16.8. The van der Waals surface area contributed by atoms with Crippen LogP contribution in [0.15, 0.2) is 6.07 Å². The van der Waals surface area contributed by atoms with Gasteiger partial charge < -0.3 is 36.4 Å². The van der Waals surface area contributed by atoms with Gasteiger partial charge in [-0.05, 0) is 30.4 Å². The molecule has 1 aromatic carbocycles. The number of nitrogens with zero attached hydrogens (tertiary/aromatic N) is 1. The minimum absolute atomic E-state index is 0.0113. The normalized spacial score (nSPS) is 30.2. The van der Waals surface area contributed by atoms with E-state index in [0.29, 0.717) is 11.3 Å². The van der Waals surface area contributed by atoms with Gasteiger partial charge in [0.1, 0.15) is 5.75 Å². The van der Waals surface area contributed by atoms with Crippen molar-refractivity contribution in [2.45, 2.75) is 31.0 Å². The van der Waals surface area contributed by atoms with Crippen LogP contribution in [0.2, 0.25) is 0 Å². The van der Waals surface area contributed by atoms with E-state index >= 15 is 0 Å². The molecule has 0 heterocycles. The number of primary amides is 1. The third kappa shape index (κ3) is 3.67. The molecular weight excluding hydrogens is 474 g/mol. The summed E-state index contributed by atoms with van der Waals surface area (Å²) >= 11 is 0. The maximum atomic E-state index is 13.7. The largest absolute Gasteiger partial charge is 0.505 e. The number of benzene rings is 1. The number of aromatic hydroxyl groups is 1. The molecule has 0 aliphatic heterocycles. The summed E-state index contributed by atoms with van der Waals surface area (Å²) in [6, 6.07) is 1.58. The van der Waals surface area contributed by atoms with Crippen LogP contribution in [-0.2, 0) is 25.6 Å². The number of hydrogen-bond acceptors (Lipinski definition) is 11. The van der Waals surface area contributed by atoms with Gasteiger partial charge in [0.15, 0.2) is 34.7 Å². The summed E-state index contributed by atoms with van der Waals surface area (Å²) in [7, 11) is 3.45. The molecule has 3 aliphatic rings. The highest BCUT2D eigenvalue weighted by Crippen LogP contribution is 2.52. The van der Waals surface area contributed by atoms with Crippen LogP contribution < -0.4 is 16.0 Å². The van der Waals surface area contributed by atoms with Crippen molar-refractivity contribution in [1.29, 1.82) is 0 Å². The lowest BCUT2D eigenvalue weighted by molar-refractivity contribution is -0.175. The molecule has 4 rings (SSSR count). The summed E-state index contributed by atoms with van der Waals surface area (Å²) in [6.45, 7) is -0.660. The lowest BCUT2D eigenvalue weighted by Crippen LogP contribution is -2.68. The number of nitrogens with two attached hydrogens (primary N) is 1. The van der Waals surface area contributed by atoms with Crippen molar-refractivity contribution < 1.29 is 44.4 Å². The van der Waals surface area contributed by atoms with Gasteiger partial charge in [0, 0.05) is 38.7 Å². The number of aliphatic hydroxyl groups excluding tert-OH is 2. The number of ketones is 4. The Morgan fingerprint density at radius 1 is 1.22 bits per heavy atom. The van der Waals surface area contributed by atoms with E-state index in [1.165, 1.54) is 0 Å². The first-order valence-electron chi connectivity index (χ1n) is 11.6. The average Bonchev–Trinajstić information content (AvgIpc) is 2.80. The lowest BCUT2D eigenvalue weighted by Gasteiger charge is -2.48. The first-order valence-corrected chi connectivity index (χ1v) is 11.6. The Labute approximate surface area is 206 Å². The van der Waals surface area contributed by atoms with Crippen LogP contribution in [0, 0.1) is 23.7 Å². The van der Waals surface area contributed by atoms with E-state index < -0.39 is 83.2 Å². The molecule has 0 saturated heterocycles. The van der Waals surface area contributed by atoms with Crippen LogP contribution in [0.25, 0.3) is 0 Å². The van der Waals surface area contributed by atoms with Crippen molar-refractivity contribution >= 4 is 40.4 Å². The van der Waals surface area contributed by atoms with Crippen molar-refractivity contribution in [3.05, 3.63) is 17.2 Å². The molecule has 3 unspecified atom stereocenters. The molecule has 12 heteroatoms. The number of fused-ring (bicyclic) bond motifs is 3. The number of phenols is 1. The molecular formula is C24H29N3O9. The minimum Gasteiger partial charge on any atom is -0.505 e.